The summed E-state index contributed by atoms with van der Waals surface area (Å²) in [6, 6.07) is 8.44. The summed E-state index contributed by atoms with van der Waals surface area (Å²) < 4.78 is 10.1. The number of carbonyl (C=O) groups is 3. The normalized spacial score (nSPS) is 10.3. The Bertz CT molecular complexity index is 900. The highest BCUT2D eigenvalue weighted by Gasteiger charge is 2.17. The Morgan fingerprint density at radius 1 is 0.929 bits per heavy atom. The number of hydrogen-bond acceptors (Lipinski definition) is 5. The molecule has 0 saturated heterocycles. The van der Waals surface area contributed by atoms with Crippen molar-refractivity contribution in [3.05, 3.63) is 63.7 Å². The molecule has 0 saturated carbocycles. The highest BCUT2D eigenvalue weighted by molar-refractivity contribution is 6.01. The van der Waals surface area contributed by atoms with Crippen LogP contribution < -0.4 is 10.1 Å². The molecule has 0 unspecified atom stereocenters. The third-order valence-electron chi connectivity index (χ3n) is 4.74. The first-order chi connectivity index (χ1) is 13.2. The van der Waals surface area contributed by atoms with E-state index in [1.807, 2.05) is 33.8 Å². The maximum Gasteiger partial charge on any atom is 0.325 e. The fourth-order valence-electron chi connectivity index (χ4n) is 2.98. The topological polar surface area (TPSA) is 81.7 Å². The molecule has 0 atom stereocenters. The average molecular weight is 383 g/mol. The Hall–Kier alpha value is -3.15. The molecule has 2 rings (SSSR count). The summed E-state index contributed by atoms with van der Waals surface area (Å²) in [5.74, 6) is -0.708. The third-order valence-corrected chi connectivity index (χ3v) is 4.74. The Morgan fingerprint density at radius 2 is 1.57 bits per heavy atom. The second-order valence-corrected chi connectivity index (χ2v) is 6.63. The van der Waals surface area contributed by atoms with Crippen LogP contribution in [0.15, 0.2) is 30.3 Å². The Labute approximate surface area is 164 Å². The lowest BCUT2D eigenvalue weighted by Crippen LogP contribution is -2.31. The number of nitrogens with one attached hydrogen (secondary N) is 1. The van der Waals surface area contributed by atoms with Crippen LogP contribution in [-0.4, -0.2) is 37.9 Å². The third kappa shape index (κ3) is 4.97. The minimum Gasteiger partial charge on any atom is -0.497 e. The lowest BCUT2D eigenvalue weighted by Gasteiger charge is -2.14. The molecule has 0 aliphatic heterocycles. The summed E-state index contributed by atoms with van der Waals surface area (Å²) in [4.78, 5) is 36.4. The van der Waals surface area contributed by atoms with Crippen molar-refractivity contribution in [2.45, 2.75) is 27.7 Å². The minimum absolute atomic E-state index is 0.257. The van der Waals surface area contributed by atoms with Crippen LogP contribution in [0.3, 0.4) is 0 Å². The summed E-state index contributed by atoms with van der Waals surface area (Å²) in [5.41, 5.74) is 4.89. The van der Waals surface area contributed by atoms with Gasteiger partial charge >= 0.3 is 5.97 Å². The molecule has 0 aromatic heterocycles. The van der Waals surface area contributed by atoms with Gasteiger partial charge in [-0.25, -0.2) is 0 Å². The highest BCUT2D eigenvalue weighted by Crippen LogP contribution is 2.22. The molecule has 6 heteroatoms. The van der Waals surface area contributed by atoms with Gasteiger partial charge < -0.3 is 14.8 Å². The smallest absolute Gasteiger partial charge is 0.325 e. The first kappa shape index (κ1) is 21.2. The van der Waals surface area contributed by atoms with Crippen molar-refractivity contribution in [3.8, 4) is 5.75 Å². The number of rotatable bonds is 7. The van der Waals surface area contributed by atoms with Crippen LogP contribution in [0.5, 0.6) is 5.75 Å². The first-order valence-electron chi connectivity index (χ1n) is 8.93. The van der Waals surface area contributed by atoms with Gasteiger partial charge in [0.15, 0.2) is 6.61 Å². The summed E-state index contributed by atoms with van der Waals surface area (Å²) in [6.07, 6.45) is 0. The van der Waals surface area contributed by atoms with E-state index in [-0.39, 0.29) is 18.9 Å². The van der Waals surface area contributed by atoms with Gasteiger partial charge in [0, 0.05) is 11.1 Å². The summed E-state index contributed by atoms with van der Waals surface area (Å²) in [7, 11) is 1.54. The van der Waals surface area contributed by atoms with E-state index in [9.17, 15) is 14.4 Å². The Balaban J connectivity index is 1.89. The zero-order valence-corrected chi connectivity index (χ0v) is 16.8. The standard InChI is InChI=1S/C22H25NO5/c1-13-10-14(2)21(16(4)15(13)3)19(24)12-28-20(25)11-23-22(26)17-6-8-18(27-5)9-7-17/h6-10H,11-12H2,1-5H3,(H,23,26). The van der Waals surface area contributed by atoms with Gasteiger partial charge in [-0.3, -0.25) is 14.4 Å². The van der Waals surface area contributed by atoms with E-state index in [0.717, 1.165) is 22.3 Å². The average Bonchev–Trinajstić information content (AvgIpc) is 2.68. The number of esters is 1. The largest absolute Gasteiger partial charge is 0.497 e. The lowest BCUT2D eigenvalue weighted by molar-refractivity contribution is -0.141. The van der Waals surface area contributed by atoms with Crippen LogP contribution in [0.4, 0.5) is 0 Å². The van der Waals surface area contributed by atoms with E-state index in [0.29, 0.717) is 16.9 Å². The van der Waals surface area contributed by atoms with Crippen molar-refractivity contribution in [1.29, 1.82) is 0 Å². The number of hydrogen-bond donors (Lipinski definition) is 1. The summed E-state index contributed by atoms with van der Waals surface area (Å²) in [5, 5.41) is 2.47. The number of benzene rings is 2. The van der Waals surface area contributed by atoms with E-state index in [2.05, 4.69) is 5.32 Å². The van der Waals surface area contributed by atoms with E-state index >= 15 is 0 Å². The van der Waals surface area contributed by atoms with Gasteiger partial charge in [-0.1, -0.05) is 6.07 Å². The molecule has 0 aliphatic rings. The number of amides is 1. The van der Waals surface area contributed by atoms with Gasteiger partial charge in [-0.15, -0.1) is 0 Å². The van der Waals surface area contributed by atoms with E-state index in [1.165, 1.54) is 7.11 Å². The van der Waals surface area contributed by atoms with Crippen LogP contribution in [0, 0.1) is 27.7 Å². The maximum absolute atomic E-state index is 12.5. The minimum atomic E-state index is -0.672. The van der Waals surface area contributed by atoms with Crippen LogP contribution in [0.25, 0.3) is 0 Å². The highest BCUT2D eigenvalue weighted by atomic mass is 16.5. The van der Waals surface area contributed by atoms with Crippen molar-refractivity contribution in [1.82, 2.24) is 5.32 Å². The van der Waals surface area contributed by atoms with Gasteiger partial charge in [0.2, 0.25) is 5.78 Å². The predicted molar refractivity (Wildman–Crippen MR) is 106 cm³/mol. The molecule has 0 radical (unpaired) electrons. The van der Waals surface area contributed by atoms with Gasteiger partial charge in [-0.05, 0) is 74.2 Å². The van der Waals surface area contributed by atoms with Crippen LogP contribution >= 0.6 is 0 Å². The van der Waals surface area contributed by atoms with Crippen molar-refractivity contribution in [2.24, 2.45) is 0 Å². The fraction of sp³-hybridized carbons (Fsp3) is 0.318. The molecule has 6 nitrogen and oxygen atoms in total. The molecule has 2 aromatic carbocycles. The van der Waals surface area contributed by atoms with Crippen LogP contribution in [0.2, 0.25) is 0 Å². The van der Waals surface area contributed by atoms with Crippen molar-refractivity contribution < 1.29 is 23.9 Å². The molecular weight excluding hydrogens is 358 g/mol. The molecular formula is C22H25NO5. The predicted octanol–water partition coefficient (Wildman–Crippen LogP) is 3.08. The Kier molecular flexibility index (Phi) is 6.93. The van der Waals surface area contributed by atoms with Crippen LogP contribution in [-0.2, 0) is 9.53 Å². The number of ketones is 1. The van der Waals surface area contributed by atoms with E-state index < -0.39 is 11.9 Å². The Morgan fingerprint density at radius 3 is 2.18 bits per heavy atom. The zero-order valence-electron chi connectivity index (χ0n) is 16.8. The van der Waals surface area contributed by atoms with Gasteiger partial charge in [0.05, 0.1) is 7.11 Å². The number of aryl methyl sites for hydroxylation is 2. The zero-order chi connectivity index (χ0) is 20.8. The summed E-state index contributed by atoms with van der Waals surface area (Å²) in [6.45, 7) is 7.03. The number of carbonyl (C=O) groups excluding carboxylic acids is 3. The van der Waals surface area contributed by atoms with Crippen LogP contribution in [0.1, 0.15) is 43.0 Å². The quantitative estimate of drug-likeness (QED) is 0.587. The van der Waals surface area contributed by atoms with Gasteiger partial charge in [0.25, 0.3) is 5.91 Å². The SMILES string of the molecule is COc1ccc(C(=O)NCC(=O)OCC(=O)c2c(C)cc(C)c(C)c2C)cc1. The molecule has 1 amide bonds. The molecule has 148 valence electrons. The second kappa shape index (κ2) is 9.17. The molecule has 0 heterocycles. The van der Waals surface area contributed by atoms with Gasteiger partial charge in [0.1, 0.15) is 12.3 Å². The molecule has 0 aliphatic carbocycles. The molecule has 0 bridgehead atoms. The molecule has 28 heavy (non-hydrogen) atoms. The number of Topliss-reactive ketones (excluding diaryl/α,β-unsaturated/α-hetero) is 1. The first-order valence-corrected chi connectivity index (χ1v) is 8.93. The molecule has 0 spiro atoms. The fourth-order valence-corrected chi connectivity index (χ4v) is 2.98. The number of ether oxygens (including phenoxy) is 2. The van der Waals surface area contributed by atoms with Crippen molar-refractivity contribution in [3.63, 3.8) is 0 Å². The van der Waals surface area contributed by atoms with Crippen molar-refractivity contribution in [2.75, 3.05) is 20.3 Å². The maximum atomic E-state index is 12.5. The second-order valence-electron chi connectivity index (χ2n) is 6.63. The number of methoxy groups -OCH3 is 1. The monoisotopic (exact) mass is 383 g/mol. The van der Waals surface area contributed by atoms with E-state index in [1.54, 1.807) is 24.3 Å². The van der Waals surface area contributed by atoms with E-state index in [4.69, 9.17) is 9.47 Å². The lowest BCUT2D eigenvalue weighted by atomic mass is 9.92. The molecule has 2 aromatic rings. The van der Waals surface area contributed by atoms with Gasteiger partial charge in [-0.2, -0.15) is 0 Å². The molecule has 0 fully saturated rings. The molecule has 1 N–H and O–H groups in total. The summed E-state index contributed by atoms with van der Waals surface area (Å²) >= 11 is 0. The van der Waals surface area contributed by atoms with Crippen molar-refractivity contribution >= 4 is 17.7 Å².